The molecule has 0 aromatic heterocycles. The van der Waals surface area contributed by atoms with E-state index in [9.17, 15) is 4.39 Å². The Labute approximate surface area is 117 Å². The van der Waals surface area contributed by atoms with Gasteiger partial charge in [0.05, 0.1) is 6.04 Å². The molecule has 1 aromatic rings. The van der Waals surface area contributed by atoms with Gasteiger partial charge in [0, 0.05) is 18.5 Å². The van der Waals surface area contributed by atoms with Crippen LogP contribution >= 0.6 is 12.2 Å². The lowest BCUT2D eigenvalue weighted by Crippen LogP contribution is -2.64. The van der Waals surface area contributed by atoms with Crippen LogP contribution in [0.15, 0.2) is 18.2 Å². The molecular formula is C14H17FN2OS. The molecular weight excluding hydrogens is 263 g/mol. The van der Waals surface area contributed by atoms with E-state index >= 15 is 0 Å². The number of halogens is 1. The summed E-state index contributed by atoms with van der Waals surface area (Å²) in [6, 6.07) is 5.08. The Bertz CT molecular complexity index is 536. The molecule has 0 spiro atoms. The van der Waals surface area contributed by atoms with E-state index in [-0.39, 0.29) is 11.9 Å². The summed E-state index contributed by atoms with van der Waals surface area (Å²) in [4.78, 5) is 2.02. The molecule has 102 valence electrons. The van der Waals surface area contributed by atoms with Crippen LogP contribution in [0.1, 0.15) is 38.3 Å². The van der Waals surface area contributed by atoms with Crippen molar-refractivity contribution >= 4 is 17.3 Å². The van der Waals surface area contributed by atoms with Crippen LogP contribution in [0.3, 0.4) is 0 Å². The second-order valence-corrected chi connectivity index (χ2v) is 5.68. The van der Waals surface area contributed by atoms with Crippen LogP contribution in [0.4, 0.5) is 4.39 Å². The predicted octanol–water partition coefficient (Wildman–Crippen LogP) is 2.97. The molecule has 1 N–H and O–H groups in total. The lowest BCUT2D eigenvalue weighted by atomic mass is 9.90. The van der Waals surface area contributed by atoms with Crippen LogP contribution in [0.25, 0.3) is 0 Å². The normalized spacial score (nSPS) is 28.5. The first-order chi connectivity index (χ1) is 9.05. The number of ether oxygens (including phenoxy) is 1. The standard InChI is InChI=1S/C14H17FN2OS/c1-3-7-17-13(19)16-11-8-14(17,2)18-12-9(11)5-4-6-10(12)15/h4-6,11H,3,7-8H2,1-2H3,(H,16,19). The van der Waals surface area contributed by atoms with Crippen molar-refractivity contribution in [1.29, 1.82) is 0 Å². The van der Waals surface area contributed by atoms with Crippen LogP contribution in [-0.4, -0.2) is 22.3 Å². The smallest absolute Gasteiger partial charge is 0.184 e. The van der Waals surface area contributed by atoms with Crippen molar-refractivity contribution < 1.29 is 9.13 Å². The van der Waals surface area contributed by atoms with E-state index in [1.165, 1.54) is 6.07 Å². The lowest BCUT2D eigenvalue weighted by Gasteiger charge is -2.52. The van der Waals surface area contributed by atoms with Gasteiger partial charge in [-0.25, -0.2) is 4.39 Å². The summed E-state index contributed by atoms with van der Waals surface area (Å²) in [5.74, 6) is 0.0526. The number of thiocarbonyl (C=S) groups is 1. The highest BCUT2D eigenvalue weighted by molar-refractivity contribution is 7.80. The topological polar surface area (TPSA) is 24.5 Å². The zero-order chi connectivity index (χ0) is 13.6. The quantitative estimate of drug-likeness (QED) is 0.842. The van der Waals surface area contributed by atoms with Gasteiger partial charge in [0.15, 0.2) is 22.4 Å². The van der Waals surface area contributed by atoms with Gasteiger partial charge in [0.2, 0.25) is 0 Å². The zero-order valence-corrected chi connectivity index (χ0v) is 11.9. The van der Waals surface area contributed by atoms with Gasteiger partial charge in [-0.2, -0.15) is 0 Å². The van der Waals surface area contributed by atoms with Gasteiger partial charge in [-0.1, -0.05) is 19.1 Å². The Morgan fingerprint density at radius 3 is 3.11 bits per heavy atom. The average molecular weight is 280 g/mol. The molecule has 2 aliphatic heterocycles. The number of benzene rings is 1. The summed E-state index contributed by atoms with van der Waals surface area (Å²) in [6.07, 6.45) is 1.74. The summed E-state index contributed by atoms with van der Waals surface area (Å²) in [5.41, 5.74) is 0.300. The highest BCUT2D eigenvalue weighted by atomic mass is 32.1. The molecule has 1 fully saturated rings. The average Bonchev–Trinajstić information content (AvgIpc) is 2.36. The number of fused-ring (bicyclic) bond motifs is 4. The van der Waals surface area contributed by atoms with Crippen molar-refractivity contribution in [2.24, 2.45) is 0 Å². The molecule has 2 unspecified atom stereocenters. The van der Waals surface area contributed by atoms with Gasteiger partial charge < -0.3 is 15.0 Å². The van der Waals surface area contributed by atoms with Gasteiger partial charge in [0.25, 0.3) is 0 Å². The molecule has 2 bridgehead atoms. The first kappa shape index (κ1) is 12.7. The van der Waals surface area contributed by atoms with Gasteiger partial charge >= 0.3 is 0 Å². The number of hydrogen-bond donors (Lipinski definition) is 1. The van der Waals surface area contributed by atoms with E-state index in [2.05, 4.69) is 12.2 Å². The second kappa shape index (κ2) is 4.34. The van der Waals surface area contributed by atoms with Crippen molar-refractivity contribution in [3.05, 3.63) is 29.6 Å². The molecule has 2 aliphatic rings. The largest absolute Gasteiger partial charge is 0.465 e. The fourth-order valence-corrected chi connectivity index (χ4v) is 3.38. The minimum Gasteiger partial charge on any atom is -0.465 e. The van der Waals surface area contributed by atoms with Gasteiger partial charge in [0.1, 0.15) is 0 Å². The van der Waals surface area contributed by atoms with E-state index in [1.54, 1.807) is 6.07 Å². The van der Waals surface area contributed by atoms with E-state index in [0.29, 0.717) is 10.9 Å². The molecule has 0 amide bonds. The summed E-state index contributed by atoms with van der Waals surface area (Å²) in [6.45, 7) is 4.88. The number of nitrogens with one attached hydrogen (secondary N) is 1. The van der Waals surface area contributed by atoms with E-state index < -0.39 is 5.72 Å². The fraction of sp³-hybridized carbons (Fsp3) is 0.500. The number of nitrogens with zero attached hydrogens (tertiary/aromatic N) is 1. The molecule has 19 heavy (non-hydrogen) atoms. The number of rotatable bonds is 2. The molecule has 5 heteroatoms. The summed E-state index contributed by atoms with van der Waals surface area (Å²) in [5, 5.41) is 3.99. The molecule has 2 atom stereocenters. The van der Waals surface area contributed by atoms with Gasteiger partial charge in [-0.3, -0.25) is 0 Å². The Kier molecular flexibility index (Phi) is 2.89. The van der Waals surface area contributed by atoms with Crippen molar-refractivity contribution in [3.8, 4) is 5.75 Å². The summed E-state index contributed by atoms with van der Waals surface area (Å²) < 4.78 is 19.9. The maximum atomic E-state index is 14.0. The maximum absolute atomic E-state index is 14.0. The Hall–Kier alpha value is -1.36. The highest BCUT2D eigenvalue weighted by Crippen LogP contribution is 2.44. The van der Waals surface area contributed by atoms with Crippen molar-refractivity contribution in [3.63, 3.8) is 0 Å². The highest BCUT2D eigenvalue weighted by Gasteiger charge is 2.47. The van der Waals surface area contributed by atoms with Gasteiger partial charge in [-0.15, -0.1) is 0 Å². The van der Waals surface area contributed by atoms with Crippen molar-refractivity contribution in [2.75, 3.05) is 6.54 Å². The SMILES string of the molecule is CCCN1C(=S)NC2CC1(C)Oc1c(F)cccc12. The minimum absolute atomic E-state index is 0.0325. The van der Waals surface area contributed by atoms with Crippen LogP contribution in [-0.2, 0) is 0 Å². The molecule has 1 aromatic carbocycles. The minimum atomic E-state index is -0.557. The van der Waals surface area contributed by atoms with Crippen molar-refractivity contribution in [1.82, 2.24) is 10.2 Å². The Morgan fingerprint density at radius 2 is 2.37 bits per heavy atom. The third-order valence-electron chi connectivity index (χ3n) is 3.84. The first-order valence-electron chi connectivity index (χ1n) is 6.61. The summed E-state index contributed by atoms with van der Waals surface area (Å²) >= 11 is 5.42. The summed E-state index contributed by atoms with van der Waals surface area (Å²) in [7, 11) is 0. The molecule has 1 saturated heterocycles. The van der Waals surface area contributed by atoms with Crippen LogP contribution < -0.4 is 10.1 Å². The first-order valence-corrected chi connectivity index (χ1v) is 7.01. The van der Waals surface area contributed by atoms with Crippen molar-refractivity contribution in [2.45, 2.75) is 38.5 Å². The molecule has 0 radical (unpaired) electrons. The zero-order valence-electron chi connectivity index (χ0n) is 11.1. The monoisotopic (exact) mass is 280 g/mol. The third kappa shape index (κ3) is 1.87. The van der Waals surface area contributed by atoms with Crippen LogP contribution in [0, 0.1) is 5.82 Å². The van der Waals surface area contributed by atoms with Crippen LogP contribution in [0.2, 0.25) is 0 Å². The Balaban J connectivity index is 2.06. The number of hydrogen-bond acceptors (Lipinski definition) is 2. The Morgan fingerprint density at radius 1 is 1.58 bits per heavy atom. The van der Waals surface area contributed by atoms with E-state index in [0.717, 1.165) is 24.9 Å². The number of para-hydroxylation sites is 1. The van der Waals surface area contributed by atoms with E-state index in [4.69, 9.17) is 17.0 Å². The lowest BCUT2D eigenvalue weighted by molar-refractivity contribution is -0.0705. The fourth-order valence-electron chi connectivity index (χ4n) is 2.96. The third-order valence-corrected chi connectivity index (χ3v) is 4.18. The molecule has 0 aliphatic carbocycles. The molecule has 3 rings (SSSR count). The van der Waals surface area contributed by atoms with Crippen LogP contribution in [0.5, 0.6) is 5.75 Å². The maximum Gasteiger partial charge on any atom is 0.184 e. The molecule has 0 saturated carbocycles. The van der Waals surface area contributed by atoms with Gasteiger partial charge in [-0.05, 0) is 31.6 Å². The van der Waals surface area contributed by atoms with E-state index in [1.807, 2.05) is 17.9 Å². The molecule has 3 nitrogen and oxygen atoms in total. The molecule has 2 heterocycles. The predicted molar refractivity (Wildman–Crippen MR) is 75.5 cm³/mol. The second-order valence-electron chi connectivity index (χ2n) is 5.29.